The Bertz CT molecular complexity index is 1850. The fourth-order valence-electron chi connectivity index (χ4n) is 6.98. The predicted molar refractivity (Wildman–Crippen MR) is 237 cm³/mol. The van der Waals surface area contributed by atoms with E-state index < -0.39 is 0 Å². The van der Waals surface area contributed by atoms with Crippen LogP contribution in [0.15, 0.2) is 84.9 Å². The largest absolute Gasteiger partial charge is 0.289 e. The molecule has 54 heavy (non-hydrogen) atoms. The van der Waals surface area contributed by atoms with Crippen LogP contribution in [0.25, 0.3) is 11.1 Å². The molecule has 0 aliphatic heterocycles. The summed E-state index contributed by atoms with van der Waals surface area (Å²) in [6.45, 7) is 35.0. The van der Waals surface area contributed by atoms with Crippen LogP contribution in [0.1, 0.15) is 123 Å². The van der Waals surface area contributed by atoms with Crippen LogP contribution >= 0.6 is 0 Å². The lowest BCUT2D eigenvalue weighted by Gasteiger charge is -2.35. The van der Waals surface area contributed by atoms with Gasteiger partial charge in [-0.2, -0.15) is 0 Å². The molecule has 1 saturated carbocycles. The van der Waals surface area contributed by atoms with E-state index in [1.165, 1.54) is 79.6 Å². The molecular weight excluding hydrogens is 653 g/mol. The Hall–Kier alpha value is -4.23. The van der Waals surface area contributed by atoms with E-state index in [2.05, 4.69) is 145 Å². The van der Waals surface area contributed by atoms with Crippen molar-refractivity contribution in [1.82, 2.24) is 0 Å². The third-order valence-corrected chi connectivity index (χ3v) is 12.4. The number of carbonyl (C=O) groups is 1. The van der Waals surface area contributed by atoms with Crippen molar-refractivity contribution >= 4 is 5.78 Å². The van der Waals surface area contributed by atoms with Crippen molar-refractivity contribution in [1.29, 1.82) is 0 Å². The highest BCUT2D eigenvalue weighted by molar-refractivity contribution is 6.09. The fourth-order valence-corrected chi connectivity index (χ4v) is 6.98. The zero-order valence-electron chi connectivity index (χ0n) is 36.7. The summed E-state index contributed by atoms with van der Waals surface area (Å²) in [5.74, 6) is 3.95. The molecule has 1 heteroatoms. The third kappa shape index (κ3) is 12.4. The van der Waals surface area contributed by atoms with Crippen LogP contribution in [0.4, 0.5) is 0 Å². The maximum Gasteiger partial charge on any atom is 0.193 e. The summed E-state index contributed by atoms with van der Waals surface area (Å²) < 4.78 is 0. The molecule has 0 spiro atoms. The second kappa shape index (κ2) is 19.9. The second-order valence-electron chi connectivity index (χ2n) is 16.9. The topological polar surface area (TPSA) is 17.1 Å². The molecule has 4 unspecified atom stereocenters. The van der Waals surface area contributed by atoms with Gasteiger partial charge in [0.2, 0.25) is 0 Å². The number of ketones is 1. The average Bonchev–Trinajstić information content (AvgIpc) is 3.12. The monoisotopic (exact) mass is 723 g/mol. The Morgan fingerprint density at radius 3 is 0.833 bits per heavy atom. The summed E-state index contributed by atoms with van der Waals surface area (Å²) in [6.07, 6.45) is 2.89. The molecule has 0 saturated heterocycles. The molecule has 0 aromatic heterocycles. The fraction of sp³-hybridized carbons (Fsp3) is 0.415. The lowest BCUT2D eigenvalue weighted by molar-refractivity contribution is 0.103. The molecule has 0 radical (unpaired) electrons. The number of hydrogen-bond acceptors (Lipinski definition) is 1. The third-order valence-electron chi connectivity index (χ3n) is 12.4. The highest BCUT2D eigenvalue weighted by Crippen LogP contribution is 2.36. The molecule has 0 amide bonds. The van der Waals surface area contributed by atoms with Gasteiger partial charge in [-0.3, -0.25) is 4.79 Å². The quantitative estimate of drug-likeness (QED) is 0.169. The van der Waals surface area contributed by atoms with Gasteiger partial charge in [0.15, 0.2) is 5.78 Å². The van der Waals surface area contributed by atoms with Gasteiger partial charge in [0.05, 0.1) is 0 Å². The van der Waals surface area contributed by atoms with Crippen molar-refractivity contribution < 1.29 is 4.79 Å². The first-order valence-electron chi connectivity index (χ1n) is 20.2. The van der Waals surface area contributed by atoms with Crippen molar-refractivity contribution in [3.05, 3.63) is 163 Å². The summed E-state index contributed by atoms with van der Waals surface area (Å²) in [6, 6.07) is 29.5. The number of carbonyl (C=O) groups excluding carboxylic acids is 1. The van der Waals surface area contributed by atoms with Crippen LogP contribution in [0.3, 0.4) is 0 Å². The van der Waals surface area contributed by atoms with E-state index in [-0.39, 0.29) is 5.78 Å². The molecule has 5 aromatic carbocycles. The van der Waals surface area contributed by atoms with Gasteiger partial charge < -0.3 is 0 Å². The Morgan fingerprint density at radius 2 is 0.574 bits per heavy atom. The summed E-state index contributed by atoms with van der Waals surface area (Å²) in [7, 11) is 0. The standard InChI is InChI=1S/C17H18O.C16H18.C10H20.C10H14/c1-11-5-7-15(9-13(11)3)17(18)16-8-6-12(2)14(4)10-16;1-11-5-7-15(9-13(11)3)16-8-6-12(2)14(4)10-16;2*1-7-5-9(3)10(4)6-8(7)2/h5-10H,1-4H3;5-10H,1-4H3;7-10H,5-6H2,1-4H3;5-6H,1-4H3. The molecule has 0 N–H and O–H groups in total. The number of benzene rings is 5. The summed E-state index contributed by atoms with van der Waals surface area (Å²) in [4.78, 5) is 12.4. The second-order valence-corrected chi connectivity index (χ2v) is 16.9. The lowest BCUT2D eigenvalue weighted by atomic mass is 9.71. The SMILES string of the molecule is CC1CC(C)C(C)CC1C.Cc1cc(C)c(C)cc1C.Cc1ccc(-c2ccc(C)c(C)c2)cc1C.Cc1ccc(C(=O)c2ccc(C)c(C)c2)cc1C. The van der Waals surface area contributed by atoms with Crippen molar-refractivity contribution in [3.63, 3.8) is 0 Å². The Labute approximate surface area is 330 Å². The number of hydrogen-bond donors (Lipinski definition) is 0. The number of aryl methyl sites for hydroxylation is 12. The highest BCUT2D eigenvalue weighted by atomic mass is 16.1. The van der Waals surface area contributed by atoms with Gasteiger partial charge in [-0.25, -0.2) is 0 Å². The van der Waals surface area contributed by atoms with E-state index >= 15 is 0 Å². The zero-order valence-corrected chi connectivity index (χ0v) is 36.7. The molecule has 1 fully saturated rings. The maximum atomic E-state index is 12.4. The van der Waals surface area contributed by atoms with Crippen LogP contribution < -0.4 is 0 Å². The van der Waals surface area contributed by atoms with E-state index in [1.54, 1.807) is 0 Å². The van der Waals surface area contributed by atoms with Gasteiger partial charge in [-0.1, -0.05) is 100 Å². The minimum Gasteiger partial charge on any atom is -0.289 e. The van der Waals surface area contributed by atoms with Gasteiger partial charge >= 0.3 is 0 Å². The average molecular weight is 723 g/mol. The van der Waals surface area contributed by atoms with E-state index in [0.29, 0.717) is 0 Å². The molecule has 0 bridgehead atoms. The first kappa shape index (κ1) is 44.2. The van der Waals surface area contributed by atoms with Gasteiger partial charge in [0, 0.05) is 11.1 Å². The predicted octanol–water partition coefficient (Wildman–Crippen LogP) is 15.0. The first-order chi connectivity index (χ1) is 25.3. The normalized spacial score (nSPS) is 17.6. The molecule has 5 aromatic rings. The minimum absolute atomic E-state index is 0.0983. The van der Waals surface area contributed by atoms with Gasteiger partial charge in [-0.15, -0.1) is 0 Å². The van der Waals surface area contributed by atoms with E-state index in [1.807, 2.05) is 50.2 Å². The van der Waals surface area contributed by atoms with Gasteiger partial charge in [0.25, 0.3) is 0 Å². The molecular formula is C53H70O. The molecule has 1 aliphatic rings. The Balaban J connectivity index is 0.000000200. The van der Waals surface area contributed by atoms with Crippen LogP contribution in [-0.4, -0.2) is 5.78 Å². The van der Waals surface area contributed by atoms with Gasteiger partial charge in [0.1, 0.15) is 0 Å². The van der Waals surface area contributed by atoms with E-state index in [9.17, 15) is 4.79 Å². The Morgan fingerprint density at radius 1 is 0.333 bits per heavy atom. The van der Waals surface area contributed by atoms with E-state index in [0.717, 1.165) is 45.9 Å². The van der Waals surface area contributed by atoms with Crippen molar-refractivity contribution in [2.24, 2.45) is 23.7 Å². The first-order valence-corrected chi connectivity index (χ1v) is 20.2. The number of rotatable bonds is 3. The molecule has 1 aliphatic carbocycles. The summed E-state index contributed by atoms with van der Waals surface area (Å²) in [5, 5.41) is 0. The lowest BCUT2D eigenvalue weighted by Crippen LogP contribution is -2.25. The summed E-state index contributed by atoms with van der Waals surface area (Å²) in [5.41, 5.74) is 19.9. The van der Waals surface area contributed by atoms with Crippen LogP contribution in [-0.2, 0) is 0 Å². The molecule has 1 nitrogen and oxygen atoms in total. The van der Waals surface area contributed by atoms with Crippen molar-refractivity contribution in [2.75, 3.05) is 0 Å². The smallest absolute Gasteiger partial charge is 0.193 e. The van der Waals surface area contributed by atoms with E-state index in [4.69, 9.17) is 0 Å². The van der Waals surface area contributed by atoms with Crippen molar-refractivity contribution in [2.45, 2.75) is 124 Å². The Kier molecular flexibility index (Phi) is 16.3. The molecule has 6 rings (SSSR count). The zero-order chi connectivity index (χ0) is 40.4. The van der Waals surface area contributed by atoms with Crippen molar-refractivity contribution in [3.8, 4) is 11.1 Å². The molecule has 0 heterocycles. The summed E-state index contributed by atoms with van der Waals surface area (Å²) >= 11 is 0. The van der Waals surface area contributed by atoms with Gasteiger partial charge in [-0.05, 0) is 210 Å². The molecule has 4 atom stereocenters. The van der Waals surface area contributed by atoms with Crippen LogP contribution in [0, 0.1) is 107 Å². The minimum atomic E-state index is 0.0983. The van der Waals surface area contributed by atoms with Crippen LogP contribution in [0.2, 0.25) is 0 Å². The highest BCUT2D eigenvalue weighted by Gasteiger charge is 2.26. The van der Waals surface area contributed by atoms with Crippen LogP contribution in [0.5, 0.6) is 0 Å². The molecule has 288 valence electrons. The maximum absolute atomic E-state index is 12.4.